The van der Waals surface area contributed by atoms with Gasteiger partial charge in [-0.3, -0.25) is 28.5 Å². The number of carboxylic acids is 1. The molecule has 0 spiro atoms. The fourth-order valence-electron chi connectivity index (χ4n) is 4.54. The number of ether oxygens (including phenoxy) is 1. The van der Waals surface area contributed by atoms with Crippen LogP contribution in [0.5, 0.6) is 0 Å². The second-order valence-electron chi connectivity index (χ2n) is 9.65. The van der Waals surface area contributed by atoms with E-state index in [1.807, 2.05) is 30.3 Å². The van der Waals surface area contributed by atoms with E-state index < -0.39 is 60.2 Å². The SMILES string of the molecule is O=C(O)C[C@H](NC(=O)C1CCc2ncc(NC(=O)CCc3ccccc3)c(=O)n21)C(=O)COC(=O)c1c(Cl)cccc1Cl. The minimum atomic E-state index is -1.58. The lowest BCUT2D eigenvalue weighted by atomic mass is 10.1. The molecule has 43 heavy (non-hydrogen) atoms. The number of aromatic nitrogens is 2. The Morgan fingerprint density at radius 1 is 1.05 bits per heavy atom. The summed E-state index contributed by atoms with van der Waals surface area (Å²) in [6, 6.07) is 10.9. The molecular formula is C29H26Cl2N4O8. The summed E-state index contributed by atoms with van der Waals surface area (Å²) in [7, 11) is 0. The number of ketones is 1. The Kier molecular flexibility index (Phi) is 10.3. The highest BCUT2D eigenvalue weighted by Gasteiger charge is 2.34. The number of aliphatic carboxylic acids is 1. The summed E-state index contributed by atoms with van der Waals surface area (Å²) < 4.78 is 6.11. The molecule has 2 aromatic carbocycles. The van der Waals surface area contributed by atoms with E-state index in [4.69, 9.17) is 27.9 Å². The average molecular weight is 629 g/mol. The first-order chi connectivity index (χ1) is 20.5. The lowest BCUT2D eigenvalue weighted by Crippen LogP contribution is -2.47. The molecule has 12 nitrogen and oxygen atoms in total. The van der Waals surface area contributed by atoms with E-state index in [0.717, 1.165) is 10.1 Å². The predicted molar refractivity (Wildman–Crippen MR) is 155 cm³/mol. The van der Waals surface area contributed by atoms with Crippen molar-refractivity contribution in [2.24, 2.45) is 0 Å². The van der Waals surface area contributed by atoms with Crippen LogP contribution in [-0.2, 0) is 36.8 Å². The van der Waals surface area contributed by atoms with E-state index in [2.05, 4.69) is 15.6 Å². The first kappa shape index (κ1) is 31.4. The molecule has 0 bridgehead atoms. The molecule has 1 aromatic heterocycles. The zero-order valence-electron chi connectivity index (χ0n) is 22.5. The molecule has 2 heterocycles. The second-order valence-corrected chi connectivity index (χ2v) is 10.5. The Balaban J connectivity index is 1.43. The molecule has 0 radical (unpaired) electrons. The Bertz CT molecular complexity index is 1610. The van der Waals surface area contributed by atoms with Crippen molar-refractivity contribution in [1.29, 1.82) is 0 Å². The number of carbonyl (C=O) groups is 5. The van der Waals surface area contributed by atoms with Crippen molar-refractivity contribution < 1.29 is 33.8 Å². The zero-order chi connectivity index (χ0) is 31.1. The molecule has 224 valence electrons. The molecule has 1 aliphatic heterocycles. The monoisotopic (exact) mass is 628 g/mol. The number of halogens is 2. The molecule has 0 aliphatic carbocycles. The third-order valence-electron chi connectivity index (χ3n) is 6.68. The maximum Gasteiger partial charge on any atom is 0.341 e. The van der Waals surface area contributed by atoms with Crippen molar-refractivity contribution in [2.75, 3.05) is 11.9 Å². The number of amides is 2. The summed E-state index contributed by atoms with van der Waals surface area (Å²) in [6.45, 7) is -0.874. The molecular weight excluding hydrogens is 603 g/mol. The maximum absolute atomic E-state index is 13.2. The van der Waals surface area contributed by atoms with Gasteiger partial charge in [0.05, 0.1) is 28.2 Å². The maximum atomic E-state index is 13.2. The quantitative estimate of drug-likeness (QED) is 0.255. The largest absolute Gasteiger partial charge is 0.481 e. The number of carboxylic acid groups (broad SMARTS) is 1. The van der Waals surface area contributed by atoms with Crippen molar-refractivity contribution >= 4 is 58.4 Å². The van der Waals surface area contributed by atoms with Crippen molar-refractivity contribution in [2.45, 2.75) is 44.2 Å². The van der Waals surface area contributed by atoms with E-state index in [0.29, 0.717) is 12.2 Å². The normalized spacial score (nSPS) is 14.3. The van der Waals surface area contributed by atoms with Gasteiger partial charge in [-0.05, 0) is 30.5 Å². The van der Waals surface area contributed by atoms with Crippen LogP contribution in [0.25, 0.3) is 0 Å². The molecule has 14 heteroatoms. The topological polar surface area (TPSA) is 174 Å². The fraction of sp³-hybridized carbons (Fsp3) is 0.276. The smallest absolute Gasteiger partial charge is 0.341 e. The van der Waals surface area contributed by atoms with Gasteiger partial charge >= 0.3 is 11.9 Å². The lowest BCUT2D eigenvalue weighted by Gasteiger charge is -2.20. The van der Waals surface area contributed by atoms with Crippen LogP contribution in [0.3, 0.4) is 0 Å². The van der Waals surface area contributed by atoms with Crippen molar-refractivity contribution in [3.05, 3.63) is 92.1 Å². The zero-order valence-corrected chi connectivity index (χ0v) is 24.1. The first-order valence-corrected chi connectivity index (χ1v) is 13.9. The Labute approximate surface area is 255 Å². The van der Waals surface area contributed by atoms with E-state index in [1.54, 1.807) is 0 Å². The van der Waals surface area contributed by atoms with Gasteiger partial charge in [-0.25, -0.2) is 9.78 Å². The first-order valence-electron chi connectivity index (χ1n) is 13.1. The predicted octanol–water partition coefficient (Wildman–Crippen LogP) is 2.99. The van der Waals surface area contributed by atoms with Gasteiger partial charge < -0.3 is 20.5 Å². The van der Waals surface area contributed by atoms with E-state index in [1.165, 1.54) is 24.4 Å². The Morgan fingerprint density at radius 2 is 1.74 bits per heavy atom. The summed E-state index contributed by atoms with van der Waals surface area (Å²) in [5.41, 5.74) is -0.00637. The molecule has 4 rings (SSSR count). The van der Waals surface area contributed by atoms with Crippen LogP contribution in [0.2, 0.25) is 10.0 Å². The molecule has 3 N–H and O–H groups in total. The highest BCUT2D eigenvalue weighted by Crippen LogP contribution is 2.26. The number of aryl methyl sites for hydroxylation is 2. The van der Waals surface area contributed by atoms with Gasteiger partial charge in [-0.2, -0.15) is 0 Å². The van der Waals surface area contributed by atoms with Crippen LogP contribution >= 0.6 is 23.2 Å². The minimum absolute atomic E-state index is 0.00830. The summed E-state index contributed by atoms with van der Waals surface area (Å²) in [6.07, 6.45) is 1.39. The number of nitrogens with one attached hydrogen (secondary N) is 2. The van der Waals surface area contributed by atoms with Gasteiger partial charge in [0.1, 0.15) is 23.6 Å². The van der Waals surface area contributed by atoms with E-state index in [9.17, 15) is 33.9 Å². The summed E-state index contributed by atoms with van der Waals surface area (Å²) in [5, 5.41) is 14.2. The van der Waals surface area contributed by atoms with Crippen LogP contribution in [0.4, 0.5) is 5.69 Å². The molecule has 0 fully saturated rings. The number of anilines is 1. The third-order valence-corrected chi connectivity index (χ3v) is 7.31. The number of hydrogen-bond acceptors (Lipinski definition) is 8. The molecule has 1 unspecified atom stereocenters. The number of Topliss-reactive ketones (excluding diaryl/α,β-unsaturated/α-hetero) is 1. The third kappa shape index (κ3) is 7.85. The van der Waals surface area contributed by atoms with Gasteiger partial charge in [0.25, 0.3) is 5.56 Å². The van der Waals surface area contributed by atoms with E-state index in [-0.39, 0.29) is 40.6 Å². The molecule has 1 aliphatic rings. The van der Waals surface area contributed by atoms with Crippen LogP contribution < -0.4 is 16.2 Å². The molecule has 0 saturated heterocycles. The Hall–Kier alpha value is -4.55. The van der Waals surface area contributed by atoms with Crippen LogP contribution in [0.1, 0.15) is 47.1 Å². The number of rotatable bonds is 12. The molecule has 2 atom stereocenters. The second kappa shape index (κ2) is 14.1. The van der Waals surface area contributed by atoms with E-state index >= 15 is 0 Å². The fourth-order valence-corrected chi connectivity index (χ4v) is 5.10. The van der Waals surface area contributed by atoms with Crippen LogP contribution in [0.15, 0.2) is 59.5 Å². The summed E-state index contributed by atoms with van der Waals surface area (Å²) in [5.74, 6) is -4.25. The highest BCUT2D eigenvalue weighted by molar-refractivity contribution is 6.39. The number of carbonyl (C=O) groups excluding carboxylic acids is 4. The van der Waals surface area contributed by atoms with Crippen LogP contribution in [-0.4, -0.2) is 56.8 Å². The van der Waals surface area contributed by atoms with Gasteiger partial charge in [-0.15, -0.1) is 0 Å². The van der Waals surface area contributed by atoms with Crippen molar-refractivity contribution in [3.8, 4) is 0 Å². The van der Waals surface area contributed by atoms with Crippen molar-refractivity contribution in [3.63, 3.8) is 0 Å². The lowest BCUT2D eigenvalue weighted by molar-refractivity contribution is -0.141. The number of nitrogens with zero attached hydrogens (tertiary/aromatic N) is 2. The standard InChI is InChI=1S/C29H26Cl2N4O8/c30-17-7-4-8-18(31)26(17)29(42)43-15-22(36)19(13-25(38)39)34-27(40)21-10-11-23-32-14-20(28(41)35(21)23)33-24(37)12-9-16-5-2-1-3-6-16/h1-8,14,19,21H,9-13,15H2,(H,33,37)(H,34,40)(H,38,39)/t19-,21?/m0/s1. The molecule has 2 amide bonds. The van der Waals surface area contributed by atoms with Gasteiger partial charge in [0.15, 0.2) is 12.4 Å². The number of hydrogen-bond donors (Lipinski definition) is 3. The Morgan fingerprint density at radius 3 is 2.42 bits per heavy atom. The number of benzene rings is 2. The van der Waals surface area contributed by atoms with Gasteiger partial charge in [0, 0.05) is 12.8 Å². The van der Waals surface area contributed by atoms with Crippen molar-refractivity contribution in [1.82, 2.24) is 14.9 Å². The van der Waals surface area contributed by atoms with Crippen LogP contribution in [0, 0.1) is 0 Å². The summed E-state index contributed by atoms with van der Waals surface area (Å²) in [4.78, 5) is 79.9. The van der Waals surface area contributed by atoms with Gasteiger partial charge in [-0.1, -0.05) is 59.6 Å². The minimum Gasteiger partial charge on any atom is -0.481 e. The highest BCUT2D eigenvalue weighted by atomic mass is 35.5. The number of fused-ring (bicyclic) bond motifs is 1. The van der Waals surface area contributed by atoms with Gasteiger partial charge in [0.2, 0.25) is 11.8 Å². The summed E-state index contributed by atoms with van der Waals surface area (Å²) >= 11 is 12.0. The molecule has 0 saturated carbocycles. The molecule has 3 aromatic rings. The average Bonchev–Trinajstić information content (AvgIpc) is 3.41. The number of esters is 1.